The van der Waals surface area contributed by atoms with Crippen molar-refractivity contribution in [1.82, 2.24) is 0 Å². The van der Waals surface area contributed by atoms with Crippen LogP contribution in [0.15, 0.2) is 0 Å². The average Bonchev–Trinajstić information content (AvgIpc) is 2.54. The van der Waals surface area contributed by atoms with Crippen LogP contribution in [0.2, 0.25) is 0 Å². The number of rotatable bonds is 18. The van der Waals surface area contributed by atoms with Crippen LogP contribution < -0.4 is 5.73 Å². The molecule has 0 fully saturated rings. The molecule has 0 aliphatic heterocycles. The Labute approximate surface area is 139 Å². The highest BCUT2D eigenvalue weighted by Gasteiger charge is 1.99. The standard InChI is InChI=1S/C19H41NO2/c1-2-3-4-5-6-7-8-9-10-11-12-13-14-15-16-22-18-19(21)17-20/h19,21H,2-18,20H2,1H3/t19-/m1/s1. The number of hydrogen-bond acceptors (Lipinski definition) is 3. The Balaban J connectivity index is 2.97. The molecule has 3 heteroatoms. The molecule has 1 atom stereocenters. The summed E-state index contributed by atoms with van der Waals surface area (Å²) in [6.07, 6.45) is 18.7. The molecule has 0 aliphatic rings. The van der Waals surface area contributed by atoms with Crippen LogP contribution in [0, 0.1) is 0 Å². The van der Waals surface area contributed by atoms with Crippen LogP contribution in [0.5, 0.6) is 0 Å². The van der Waals surface area contributed by atoms with E-state index in [1.54, 1.807) is 0 Å². The van der Waals surface area contributed by atoms with Gasteiger partial charge in [-0.15, -0.1) is 0 Å². The van der Waals surface area contributed by atoms with Crippen LogP contribution in [0.25, 0.3) is 0 Å². The number of nitrogens with two attached hydrogens (primary N) is 1. The molecule has 0 bridgehead atoms. The molecule has 0 aromatic heterocycles. The van der Waals surface area contributed by atoms with Gasteiger partial charge in [-0.1, -0.05) is 90.4 Å². The summed E-state index contributed by atoms with van der Waals surface area (Å²) in [5.41, 5.74) is 5.31. The van der Waals surface area contributed by atoms with Gasteiger partial charge in [0.1, 0.15) is 0 Å². The van der Waals surface area contributed by atoms with E-state index >= 15 is 0 Å². The van der Waals surface area contributed by atoms with Crippen LogP contribution >= 0.6 is 0 Å². The molecule has 0 rings (SSSR count). The molecular weight excluding hydrogens is 274 g/mol. The number of aliphatic hydroxyl groups excluding tert-OH is 1. The van der Waals surface area contributed by atoms with Crippen LogP contribution in [-0.4, -0.2) is 31.0 Å². The van der Waals surface area contributed by atoms with Gasteiger partial charge in [0.25, 0.3) is 0 Å². The fourth-order valence-corrected chi connectivity index (χ4v) is 2.69. The third-order valence-electron chi connectivity index (χ3n) is 4.22. The molecule has 0 amide bonds. The van der Waals surface area contributed by atoms with Crippen molar-refractivity contribution in [2.75, 3.05) is 19.8 Å². The van der Waals surface area contributed by atoms with Crippen LogP contribution in [0.3, 0.4) is 0 Å². The largest absolute Gasteiger partial charge is 0.389 e. The van der Waals surface area contributed by atoms with Gasteiger partial charge in [0, 0.05) is 13.2 Å². The highest BCUT2D eigenvalue weighted by molar-refractivity contribution is 4.53. The van der Waals surface area contributed by atoms with Crippen molar-refractivity contribution in [2.45, 2.75) is 103 Å². The lowest BCUT2D eigenvalue weighted by Gasteiger charge is -2.08. The molecule has 134 valence electrons. The third kappa shape index (κ3) is 17.9. The minimum absolute atomic E-state index is 0.290. The minimum Gasteiger partial charge on any atom is -0.389 e. The van der Waals surface area contributed by atoms with Gasteiger partial charge < -0.3 is 15.6 Å². The van der Waals surface area contributed by atoms with E-state index in [1.807, 2.05) is 0 Å². The van der Waals surface area contributed by atoms with Crippen molar-refractivity contribution < 1.29 is 9.84 Å². The van der Waals surface area contributed by atoms with Crippen LogP contribution in [-0.2, 0) is 4.74 Å². The molecule has 3 N–H and O–H groups in total. The van der Waals surface area contributed by atoms with Crippen molar-refractivity contribution in [3.8, 4) is 0 Å². The monoisotopic (exact) mass is 315 g/mol. The Bertz CT molecular complexity index is 200. The first-order chi connectivity index (χ1) is 10.8. The minimum atomic E-state index is -0.494. The molecule has 0 spiro atoms. The van der Waals surface area contributed by atoms with E-state index in [1.165, 1.54) is 83.5 Å². The molecule has 0 aliphatic carbocycles. The maximum Gasteiger partial charge on any atom is 0.0895 e. The Kier molecular flexibility index (Phi) is 18.8. The Morgan fingerprint density at radius 2 is 1.14 bits per heavy atom. The lowest BCUT2D eigenvalue weighted by atomic mass is 10.0. The summed E-state index contributed by atoms with van der Waals surface area (Å²) >= 11 is 0. The summed E-state index contributed by atoms with van der Waals surface area (Å²) in [6.45, 7) is 3.71. The smallest absolute Gasteiger partial charge is 0.0895 e. The normalized spacial score (nSPS) is 12.7. The summed E-state index contributed by atoms with van der Waals surface area (Å²) in [7, 11) is 0. The van der Waals surface area contributed by atoms with Crippen molar-refractivity contribution in [1.29, 1.82) is 0 Å². The molecule has 0 saturated carbocycles. The maximum absolute atomic E-state index is 9.22. The SMILES string of the molecule is CCCCCCCCCCCCCCCCOC[C@H](O)CN. The lowest BCUT2D eigenvalue weighted by molar-refractivity contribution is 0.0396. The van der Waals surface area contributed by atoms with Gasteiger partial charge in [0.15, 0.2) is 0 Å². The zero-order valence-corrected chi connectivity index (χ0v) is 15.0. The van der Waals surface area contributed by atoms with E-state index in [-0.39, 0.29) is 0 Å². The van der Waals surface area contributed by atoms with Crippen molar-refractivity contribution in [3.05, 3.63) is 0 Å². The van der Waals surface area contributed by atoms with Crippen LogP contribution in [0.1, 0.15) is 96.8 Å². The highest BCUT2D eigenvalue weighted by atomic mass is 16.5. The summed E-state index contributed by atoms with van der Waals surface area (Å²) in [6, 6.07) is 0. The van der Waals surface area contributed by atoms with Gasteiger partial charge in [0.05, 0.1) is 12.7 Å². The number of ether oxygens (including phenoxy) is 1. The van der Waals surface area contributed by atoms with E-state index < -0.39 is 6.10 Å². The summed E-state index contributed by atoms with van der Waals surface area (Å²) in [5.74, 6) is 0. The van der Waals surface area contributed by atoms with Gasteiger partial charge >= 0.3 is 0 Å². The average molecular weight is 316 g/mol. The third-order valence-corrected chi connectivity index (χ3v) is 4.22. The second kappa shape index (κ2) is 18.9. The molecule has 3 nitrogen and oxygen atoms in total. The molecule has 0 radical (unpaired) electrons. The first-order valence-electron chi connectivity index (χ1n) is 9.77. The highest BCUT2D eigenvalue weighted by Crippen LogP contribution is 2.12. The Hall–Kier alpha value is -0.120. The fraction of sp³-hybridized carbons (Fsp3) is 1.00. The summed E-state index contributed by atoms with van der Waals surface area (Å²) in [5, 5.41) is 9.22. The van der Waals surface area contributed by atoms with Gasteiger partial charge in [-0.3, -0.25) is 0 Å². The first kappa shape index (κ1) is 21.9. The van der Waals surface area contributed by atoms with Gasteiger partial charge in [-0.25, -0.2) is 0 Å². The quantitative estimate of drug-likeness (QED) is 0.357. The van der Waals surface area contributed by atoms with Gasteiger partial charge in [-0.05, 0) is 6.42 Å². The summed E-state index contributed by atoms with van der Waals surface area (Å²) < 4.78 is 5.36. The topological polar surface area (TPSA) is 55.5 Å². The summed E-state index contributed by atoms with van der Waals surface area (Å²) in [4.78, 5) is 0. The molecule has 0 unspecified atom stereocenters. The Morgan fingerprint density at radius 3 is 1.55 bits per heavy atom. The second-order valence-electron chi connectivity index (χ2n) is 6.56. The van der Waals surface area contributed by atoms with E-state index in [0.717, 1.165) is 13.0 Å². The molecule has 0 aromatic carbocycles. The molecular formula is C19H41NO2. The van der Waals surface area contributed by atoms with E-state index in [2.05, 4.69) is 6.92 Å². The maximum atomic E-state index is 9.22. The zero-order valence-electron chi connectivity index (χ0n) is 15.0. The Morgan fingerprint density at radius 1 is 0.727 bits per heavy atom. The predicted octanol–water partition coefficient (Wildman–Crippen LogP) is 4.80. The van der Waals surface area contributed by atoms with Gasteiger partial charge in [-0.2, -0.15) is 0 Å². The van der Waals surface area contributed by atoms with E-state index in [9.17, 15) is 5.11 Å². The van der Waals surface area contributed by atoms with Crippen molar-refractivity contribution in [2.24, 2.45) is 5.73 Å². The van der Waals surface area contributed by atoms with Crippen molar-refractivity contribution in [3.63, 3.8) is 0 Å². The zero-order chi connectivity index (χ0) is 16.3. The van der Waals surface area contributed by atoms with E-state index in [4.69, 9.17) is 10.5 Å². The molecule has 22 heavy (non-hydrogen) atoms. The number of aliphatic hydroxyl groups is 1. The molecule has 0 aromatic rings. The predicted molar refractivity (Wildman–Crippen MR) is 96.2 cm³/mol. The molecule has 0 heterocycles. The first-order valence-corrected chi connectivity index (χ1v) is 9.77. The number of unbranched alkanes of at least 4 members (excludes halogenated alkanes) is 13. The second-order valence-corrected chi connectivity index (χ2v) is 6.56. The van der Waals surface area contributed by atoms with Crippen LogP contribution in [0.4, 0.5) is 0 Å². The van der Waals surface area contributed by atoms with E-state index in [0.29, 0.717) is 13.2 Å². The fourth-order valence-electron chi connectivity index (χ4n) is 2.69. The lowest BCUT2D eigenvalue weighted by Crippen LogP contribution is -2.25. The molecule has 0 saturated heterocycles. The van der Waals surface area contributed by atoms with Gasteiger partial charge in [0.2, 0.25) is 0 Å². The number of hydrogen-bond donors (Lipinski definition) is 2. The van der Waals surface area contributed by atoms with Crippen molar-refractivity contribution >= 4 is 0 Å².